The van der Waals surface area contributed by atoms with Gasteiger partial charge in [-0.05, 0) is 12.3 Å². The van der Waals surface area contributed by atoms with E-state index >= 15 is 0 Å². The maximum Gasteiger partial charge on any atom is 0.224 e. The molecule has 2 bridgehead atoms. The van der Waals surface area contributed by atoms with E-state index in [0.29, 0.717) is 19.0 Å². The molecule has 2 rings (SSSR count). The smallest absolute Gasteiger partial charge is 0.224 e. The third kappa shape index (κ3) is 1.91. The number of fused-ring (bicyclic) bond motifs is 2. The van der Waals surface area contributed by atoms with Crippen LogP contribution in [0.25, 0.3) is 0 Å². The normalized spacial score (nSPS) is 35.2. The highest BCUT2D eigenvalue weighted by Crippen LogP contribution is 2.28. The number of alkyl halides is 1. The number of rotatable bonds is 2. The third-order valence-electron chi connectivity index (χ3n) is 2.56. The number of piperidine rings is 1. The quantitative estimate of drug-likeness (QED) is 0.682. The van der Waals surface area contributed by atoms with E-state index in [2.05, 4.69) is 15.9 Å². The molecule has 6 heteroatoms. The minimum atomic E-state index is -3.08. The number of sulfonamides is 1. The second-order valence-electron chi connectivity index (χ2n) is 3.60. The lowest BCUT2D eigenvalue weighted by Gasteiger charge is -2.28. The van der Waals surface area contributed by atoms with Crippen molar-refractivity contribution >= 4 is 26.0 Å². The van der Waals surface area contributed by atoms with Gasteiger partial charge < -0.3 is 4.74 Å². The van der Waals surface area contributed by atoms with Gasteiger partial charge in [-0.2, -0.15) is 4.31 Å². The van der Waals surface area contributed by atoms with Crippen LogP contribution in [0.3, 0.4) is 0 Å². The van der Waals surface area contributed by atoms with E-state index in [4.69, 9.17) is 4.74 Å². The first kappa shape index (κ1) is 9.89. The number of nitrogens with zero attached hydrogens (tertiary/aromatic N) is 1. The van der Waals surface area contributed by atoms with Crippen LogP contribution in [0.15, 0.2) is 0 Å². The van der Waals surface area contributed by atoms with Crippen LogP contribution in [-0.2, 0) is 14.8 Å². The molecule has 13 heavy (non-hydrogen) atoms. The Morgan fingerprint density at radius 1 is 1.46 bits per heavy atom. The number of hydrogen-bond donors (Lipinski definition) is 0. The largest absolute Gasteiger partial charge is 0.376 e. The zero-order chi connectivity index (χ0) is 9.47. The number of halogens is 1. The molecule has 0 saturated carbocycles. The van der Waals surface area contributed by atoms with Crippen molar-refractivity contribution < 1.29 is 13.2 Å². The Labute approximate surface area is 86.4 Å². The molecule has 0 aromatic rings. The number of hydrogen-bond acceptors (Lipinski definition) is 3. The molecule has 0 aromatic heterocycles. The van der Waals surface area contributed by atoms with Gasteiger partial charge in [-0.15, -0.1) is 0 Å². The van der Waals surface area contributed by atoms with Gasteiger partial charge in [0.2, 0.25) is 10.0 Å². The van der Waals surface area contributed by atoms with Crippen molar-refractivity contribution in [2.45, 2.75) is 12.5 Å². The predicted molar refractivity (Wildman–Crippen MR) is 52.1 cm³/mol. The topological polar surface area (TPSA) is 46.6 Å². The molecular weight excluding hydrogens is 258 g/mol. The van der Waals surface area contributed by atoms with Gasteiger partial charge in [-0.25, -0.2) is 8.42 Å². The molecule has 2 aliphatic rings. The van der Waals surface area contributed by atoms with E-state index in [0.717, 1.165) is 13.0 Å². The van der Waals surface area contributed by atoms with Crippen LogP contribution >= 0.6 is 15.9 Å². The molecule has 2 heterocycles. The summed E-state index contributed by atoms with van der Waals surface area (Å²) in [6, 6.07) is 0. The van der Waals surface area contributed by atoms with Crippen LogP contribution in [0.4, 0.5) is 0 Å². The Kier molecular flexibility index (Phi) is 2.65. The SMILES string of the molecule is O=S(=O)(CBr)N1CC2COC(C2)C1. The summed E-state index contributed by atoms with van der Waals surface area (Å²) in [6.07, 6.45) is 1.15. The van der Waals surface area contributed by atoms with Gasteiger partial charge in [0.1, 0.15) is 4.66 Å². The fourth-order valence-corrected chi connectivity index (χ4v) is 3.76. The summed E-state index contributed by atoms with van der Waals surface area (Å²) >= 11 is 3.00. The van der Waals surface area contributed by atoms with Crippen molar-refractivity contribution in [3.8, 4) is 0 Å². The second-order valence-corrected chi connectivity index (χ2v) is 6.87. The van der Waals surface area contributed by atoms with Crippen molar-refractivity contribution in [2.75, 3.05) is 24.4 Å². The van der Waals surface area contributed by atoms with Crippen molar-refractivity contribution in [1.29, 1.82) is 0 Å². The van der Waals surface area contributed by atoms with Crippen LogP contribution in [-0.4, -0.2) is 43.2 Å². The Bertz CT molecular complexity index is 280. The fraction of sp³-hybridized carbons (Fsp3) is 1.00. The average Bonchev–Trinajstić information content (AvgIpc) is 2.45. The molecule has 76 valence electrons. The van der Waals surface area contributed by atoms with Crippen LogP contribution in [0.2, 0.25) is 0 Å². The molecule has 0 aromatic carbocycles. The van der Waals surface area contributed by atoms with Gasteiger partial charge in [-0.1, -0.05) is 15.9 Å². The molecule has 0 radical (unpaired) electrons. The summed E-state index contributed by atoms with van der Waals surface area (Å²) in [5.74, 6) is 0.410. The van der Waals surface area contributed by atoms with Gasteiger partial charge in [0.15, 0.2) is 0 Å². The van der Waals surface area contributed by atoms with Gasteiger partial charge in [0.25, 0.3) is 0 Å². The molecule has 2 unspecified atom stereocenters. The Hall–Kier alpha value is 0.350. The summed E-state index contributed by atoms with van der Waals surface area (Å²) in [6.45, 7) is 1.88. The molecule has 2 saturated heterocycles. The molecule has 0 spiro atoms. The maximum atomic E-state index is 11.5. The summed E-state index contributed by atoms with van der Waals surface area (Å²) in [7, 11) is -3.08. The van der Waals surface area contributed by atoms with Crippen molar-refractivity contribution in [1.82, 2.24) is 4.31 Å². The summed E-state index contributed by atoms with van der Waals surface area (Å²) in [5, 5.41) is 0. The number of ether oxygens (including phenoxy) is 1. The third-order valence-corrected chi connectivity index (χ3v) is 5.66. The molecule has 2 aliphatic heterocycles. The maximum absolute atomic E-state index is 11.5. The summed E-state index contributed by atoms with van der Waals surface area (Å²) < 4.78 is 30.0. The molecular formula is C7H12BrNO3S. The highest BCUT2D eigenvalue weighted by molar-refractivity contribution is 9.10. The van der Waals surface area contributed by atoms with Crippen LogP contribution in [0.1, 0.15) is 6.42 Å². The minimum absolute atomic E-state index is 0.0133. The fourth-order valence-electron chi connectivity index (χ4n) is 1.92. The van der Waals surface area contributed by atoms with Gasteiger partial charge in [0.05, 0.1) is 12.7 Å². The molecule has 2 fully saturated rings. The van der Waals surface area contributed by atoms with Crippen molar-refractivity contribution in [3.63, 3.8) is 0 Å². The molecule has 0 aliphatic carbocycles. The average molecular weight is 270 g/mol. The lowest BCUT2D eigenvalue weighted by Crippen LogP contribution is -2.43. The van der Waals surface area contributed by atoms with E-state index in [9.17, 15) is 8.42 Å². The highest BCUT2D eigenvalue weighted by Gasteiger charge is 2.38. The van der Waals surface area contributed by atoms with Crippen LogP contribution in [0, 0.1) is 5.92 Å². The van der Waals surface area contributed by atoms with E-state index in [-0.39, 0.29) is 10.8 Å². The Morgan fingerprint density at radius 3 is 2.85 bits per heavy atom. The zero-order valence-corrected chi connectivity index (χ0v) is 9.55. The predicted octanol–water partition coefficient (Wildman–Crippen LogP) is 0.389. The first-order valence-electron chi connectivity index (χ1n) is 4.27. The Morgan fingerprint density at radius 2 is 2.23 bits per heavy atom. The monoisotopic (exact) mass is 269 g/mol. The highest BCUT2D eigenvalue weighted by atomic mass is 79.9. The van der Waals surface area contributed by atoms with Gasteiger partial charge in [0, 0.05) is 13.1 Å². The van der Waals surface area contributed by atoms with Gasteiger partial charge in [-0.3, -0.25) is 0 Å². The first-order chi connectivity index (χ1) is 6.12. The van der Waals surface area contributed by atoms with Crippen molar-refractivity contribution in [3.05, 3.63) is 0 Å². The Balaban J connectivity index is 2.11. The van der Waals surface area contributed by atoms with Crippen LogP contribution < -0.4 is 0 Å². The van der Waals surface area contributed by atoms with Gasteiger partial charge >= 0.3 is 0 Å². The minimum Gasteiger partial charge on any atom is -0.376 e. The lowest BCUT2D eigenvalue weighted by molar-refractivity contribution is 0.104. The molecule has 2 atom stereocenters. The van der Waals surface area contributed by atoms with E-state index in [1.54, 1.807) is 0 Å². The summed E-state index contributed by atoms with van der Waals surface area (Å²) in [5.41, 5.74) is 0. The summed E-state index contributed by atoms with van der Waals surface area (Å²) in [4.78, 5) is 0. The van der Waals surface area contributed by atoms with E-state index < -0.39 is 10.0 Å². The second kappa shape index (κ2) is 3.49. The molecule has 0 amide bonds. The lowest BCUT2D eigenvalue weighted by atomic mass is 10.0. The molecule has 4 nitrogen and oxygen atoms in total. The van der Waals surface area contributed by atoms with E-state index in [1.165, 1.54) is 4.31 Å². The molecule has 0 N–H and O–H groups in total. The van der Waals surface area contributed by atoms with E-state index in [1.807, 2.05) is 0 Å². The van der Waals surface area contributed by atoms with Crippen LogP contribution in [0.5, 0.6) is 0 Å². The first-order valence-corrected chi connectivity index (χ1v) is 7.00. The standard InChI is InChI=1S/C7H12BrNO3S/c8-5-13(10,11)9-2-6-1-7(3-9)12-4-6/h6-7H,1-5H2. The van der Waals surface area contributed by atoms with Crippen molar-refractivity contribution in [2.24, 2.45) is 5.92 Å². The zero-order valence-electron chi connectivity index (χ0n) is 7.15.